The van der Waals surface area contributed by atoms with Crippen LogP contribution in [0.15, 0.2) is 23.1 Å². The molecule has 0 bridgehead atoms. The standard InChI is InChI=1S/C13H19ClN2O3S.ClH/c1-15-9-10-4-3-7-16(10)20(17,18)13-8-11(19-2)5-6-12(13)14;/h5-6,8,10,15H,3-4,7,9H2,1-2H3;1H. The molecule has 8 heteroatoms. The SMILES string of the molecule is CNCC1CCCN1S(=O)(=O)c1cc(OC)ccc1Cl.Cl. The van der Waals surface area contributed by atoms with Crippen molar-refractivity contribution in [3.05, 3.63) is 23.2 Å². The number of nitrogens with zero attached hydrogens (tertiary/aromatic N) is 1. The van der Waals surface area contributed by atoms with Gasteiger partial charge in [0, 0.05) is 25.2 Å². The maximum atomic E-state index is 12.8. The Labute approximate surface area is 137 Å². The number of halogens is 2. The van der Waals surface area contributed by atoms with Crippen LogP contribution in [-0.4, -0.2) is 46.0 Å². The van der Waals surface area contributed by atoms with E-state index >= 15 is 0 Å². The summed E-state index contributed by atoms with van der Waals surface area (Å²) in [6, 6.07) is 4.66. The smallest absolute Gasteiger partial charge is 0.244 e. The number of rotatable bonds is 5. The Balaban J connectivity index is 0.00000220. The van der Waals surface area contributed by atoms with Gasteiger partial charge in [-0.3, -0.25) is 0 Å². The van der Waals surface area contributed by atoms with Crippen LogP contribution in [0.25, 0.3) is 0 Å². The van der Waals surface area contributed by atoms with Crippen LogP contribution in [0.3, 0.4) is 0 Å². The summed E-state index contributed by atoms with van der Waals surface area (Å²) in [7, 11) is -0.272. The van der Waals surface area contributed by atoms with Gasteiger partial charge in [0.1, 0.15) is 10.6 Å². The topological polar surface area (TPSA) is 58.6 Å². The molecule has 2 rings (SSSR count). The number of benzene rings is 1. The minimum absolute atomic E-state index is 0. The Morgan fingerprint density at radius 3 is 2.81 bits per heavy atom. The molecule has 1 saturated heterocycles. The van der Waals surface area contributed by atoms with Crippen molar-refractivity contribution in [2.24, 2.45) is 0 Å². The van der Waals surface area contributed by atoms with Crippen LogP contribution in [0.4, 0.5) is 0 Å². The molecule has 1 aromatic carbocycles. The predicted molar refractivity (Wildman–Crippen MR) is 86.1 cm³/mol. The minimum atomic E-state index is -3.59. The highest BCUT2D eigenvalue weighted by Crippen LogP contribution is 2.32. The molecule has 0 radical (unpaired) electrons. The van der Waals surface area contributed by atoms with Crippen molar-refractivity contribution in [1.82, 2.24) is 9.62 Å². The van der Waals surface area contributed by atoms with Crippen LogP contribution >= 0.6 is 24.0 Å². The fraction of sp³-hybridized carbons (Fsp3) is 0.538. The van der Waals surface area contributed by atoms with Gasteiger partial charge in [-0.2, -0.15) is 4.31 Å². The summed E-state index contributed by atoms with van der Waals surface area (Å²) in [6.07, 6.45) is 1.73. The van der Waals surface area contributed by atoms with Gasteiger partial charge in [0.2, 0.25) is 10.0 Å². The summed E-state index contributed by atoms with van der Waals surface area (Å²) < 4.78 is 32.2. The van der Waals surface area contributed by atoms with Crippen LogP contribution < -0.4 is 10.1 Å². The highest BCUT2D eigenvalue weighted by molar-refractivity contribution is 7.89. The van der Waals surface area contributed by atoms with Gasteiger partial charge in [0.05, 0.1) is 12.1 Å². The summed E-state index contributed by atoms with van der Waals surface area (Å²) in [6.45, 7) is 1.17. The molecule has 0 spiro atoms. The highest BCUT2D eigenvalue weighted by Gasteiger charge is 2.36. The number of hydrogen-bond acceptors (Lipinski definition) is 4. The molecule has 1 aliphatic heterocycles. The first-order chi connectivity index (χ1) is 9.50. The van der Waals surface area contributed by atoms with Crippen molar-refractivity contribution >= 4 is 34.0 Å². The summed E-state index contributed by atoms with van der Waals surface area (Å²) >= 11 is 6.06. The maximum Gasteiger partial charge on any atom is 0.244 e. The molecule has 1 atom stereocenters. The van der Waals surface area contributed by atoms with Gasteiger partial charge >= 0.3 is 0 Å². The second-order valence-electron chi connectivity index (χ2n) is 4.77. The monoisotopic (exact) mass is 354 g/mol. The minimum Gasteiger partial charge on any atom is -0.497 e. The van der Waals surface area contributed by atoms with E-state index in [0.29, 0.717) is 18.8 Å². The molecule has 0 aromatic heterocycles. The van der Waals surface area contributed by atoms with E-state index < -0.39 is 10.0 Å². The highest BCUT2D eigenvalue weighted by atomic mass is 35.5. The lowest BCUT2D eigenvalue weighted by Gasteiger charge is -2.24. The van der Waals surface area contributed by atoms with E-state index in [1.165, 1.54) is 17.5 Å². The molecule has 21 heavy (non-hydrogen) atoms. The van der Waals surface area contributed by atoms with Crippen LogP contribution in [0.5, 0.6) is 5.75 Å². The average molecular weight is 355 g/mol. The summed E-state index contributed by atoms with van der Waals surface area (Å²) in [5.74, 6) is 0.484. The molecule has 1 heterocycles. The van der Waals surface area contributed by atoms with Crippen molar-refractivity contribution in [3.63, 3.8) is 0 Å². The zero-order valence-corrected chi connectivity index (χ0v) is 14.4. The van der Waals surface area contributed by atoms with E-state index in [1.807, 2.05) is 7.05 Å². The summed E-state index contributed by atoms with van der Waals surface area (Å²) in [5, 5.41) is 3.26. The number of hydrogen-bond donors (Lipinski definition) is 1. The van der Waals surface area contributed by atoms with Gasteiger partial charge in [-0.15, -0.1) is 12.4 Å². The zero-order valence-electron chi connectivity index (χ0n) is 12.0. The van der Waals surface area contributed by atoms with Crippen LogP contribution in [0.1, 0.15) is 12.8 Å². The number of nitrogens with one attached hydrogen (secondary N) is 1. The van der Waals surface area contributed by atoms with Gasteiger partial charge in [-0.05, 0) is 32.0 Å². The molecular formula is C13H20Cl2N2O3S. The molecule has 120 valence electrons. The van der Waals surface area contributed by atoms with E-state index in [2.05, 4.69) is 5.32 Å². The lowest BCUT2D eigenvalue weighted by molar-refractivity contribution is 0.378. The predicted octanol–water partition coefficient (Wildman–Crippen LogP) is 2.14. The zero-order chi connectivity index (χ0) is 14.8. The first-order valence-electron chi connectivity index (χ1n) is 6.50. The Kier molecular flexibility index (Phi) is 6.74. The average Bonchev–Trinajstić information content (AvgIpc) is 2.88. The summed E-state index contributed by atoms with van der Waals surface area (Å²) in [5.41, 5.74) is 0. The Morgan fingerprint density at radius 1 is 1.48 bits per heavy atom. The van der Waals surface area contributed by atoms with Crippen LogP contribution in [0.2, 0.25) is 5.02 Å². The molecule has 1 aliphatic rings. The van der Waals surface area contributed by atoms with E-state index in [-0.39, 0.29) is 28.4 Å². The van der Waals surface area contributed by atoms with Crippen molar-refractivity contribution in [3.8, 4) is 5.75 Å². The third kappa shape index (κ3) is 3.81. The first kappa shape index (κ1) is 18.5. The fourth-order valence-electron chi connectivity index (χ4n) is 2.50. The second kappa shape index (κ2) is 7.65. The van der Waals surface area contributed by atoms with Crippen LogP contribution in [-0.2, 0) is 10.0 Å². The van der Waals surface area contributed by atoms with E-state index in [4.69, 9.17) is 16.3 Å². The van der Waals surface area contributed by atoms with Crippen LogP contribution in [0, 0.1) is 0 Å². The van der Waals surface area contributed by atoms with Gasteiger partial charge < -0.3 is 10.1 Å². The third-order valence-corrected chi connectivity index (χ3v) is 5.92. The molecular weight excluding hydrogens is 335 g/mol. The fourth-order valence-corrected chi connectivity index (χ4v) is 4.68. The number of methoxy groups -OCH3 is 1. The Hall–Kier alpha value is -0.530. The van der Waals surface area contributed by atoms with E-state index in [9.17, 15) is 8.42 Å². The van der Waals surface area contributed by atoms with Gasteiger partial charge in [0.15, 0.2) is 0 Å². The molecule has 1 N–H and O–H groups in total. The molecule has 1 fully saturated rings. The van der Waals surface area contributed by atoms with Crippen molar-refractivity contribution in [2.45, 2.75) is 23.8 Å². The van der Waals surface area contributed by atoms with Crippen molar-refractivity contribution in [2.75, 3.05) is 27.2 Å². The normalized spacial score (nSPS) is 19.3. The molecule has 0 amide bonds. The lowest BCUT2D eigenvalue weighted by Crippen LogP contribution is -2.40. The summed E-state index contributed by atoms with van der Waals surface area (Å²) in [4.78, 5) is 0.113. The molecule has 0 aliphatic carbocycles. The lowest BCUT2D eigenvalue weighted by atomic mass is 10.2. The first-order valence-corrected chi connectivity index (χ1v) is 8.32. The van der Waals surface area contributed by atoms with Gasteiger partial charge in [-0.1, -0.05) is 11.6 Å². The van der Waals surface area contributed by atoms with Crippen molar-refractivity contribution < 1.29 is 13.2 Å². The number of likely N-dealkylation sites (N-methyl/N-ethyl adjacent to an activating group) is 1. The largest absolute Gasteiger partial charge is 0.497 e. The second-order valence-corrected chi connectivity index (χ2v) is 7.03. The molecule has 0 saturated carbocycles. The van der Waals surface area contributed by atoms with Crippen molar-refractivity contribution in [1.29, 1.82) is 0 Å². The number of sulfonamides is 1. The Bertz CT molecular complexity index is 581. The molecule has 1 aromatic rings. The Morgan fingerprint density at radius 2 is 2.19 bits per heavy atom. The maximum absolute atomic E-state index is 12.8. The molecule has 5 nitrogen and oxygen atoms in total. The van der Waals surface area contributed by atoms with Gasteiger partial charge in [-0.25, -0.2) is 8.42 Å². The quantitative estimate of drug-likeness (QED) is 0.879. The van der Waals surface area contributed by atoms with Gasteiger partial charge in [0.25, 0.3) is 0 Å². The van der Waals surface area contributed by atoms with E-state index in [0.717, 1.165) is 12.8 Å². The van der Waals surface area contributed by atoms with E-state index in [1.54, 1.807) is 12.1 Å². The number of ether oxygens (including phenoxy) is 1. The molecule has 1 unspecified atom stereocenters. The third-order valence-electron chi connectivity index (χ3n) is 3.49.